The van der Waals surface area contributed by atoms with Crippen molar-refractivity contribution < 1.29 is 4.74 Å². The molecular weight excluding hydrogens is 224 g/mol. The average Bonchev–Trinajstić information content (AvgIpc) is 2.42. The van der Waals surface area contributed by atoms with Gasteiger partial charge in [0, 0.05) is 11.1 Å². The van der Waals surface area contributed by atoms with Gasteiger partial charge in [-0.05, 0) is 19.4 Å². The zero-order valence-electron chi connectivity index (χ0n) is 11.7. The minimum Gasteiger partial charge on any atom is -0.480 e. The highest BCUT2D eigenvalue weighted by Crippen LogP contribution is 2.29. The van der Waals surface area contributed by atoms with Gasteiger partial charge in [-0.1, -0.05) is 44.2 Å². The predicted molar refractivity (Wildman–Crippen MR) is 74.8 cm³/mol. The van der Waals surface area contributed by atoms with Crippen LogP contribution < -0.4 is 4.74 Å². The van der Waals surface area contributed by atoms with E-state index >= 15 is 0 Å². The molecule has 0 N–H and O–H groups in total. The summed E-state index contributed by atoms with van der Waals surface area (Å²) in [5.74, 6) is 0.587. The van der Waals surface area contributed by atoms with Gasteiger partial charge in [-0.3, -0.25) is 0 Å². The van der Waals surface area contributed by atoms with Crippen molar-refractivity contribution in [2.24, 2.45) is 0 Å². The first kappa shape index (κ1) is 14.2. The molecule has 18 heavy (non-hydrogen) atoms. The third kappa shape index (κ3) is 2.86. The van der Waals surface area contributed by atoms with E-state index in [4.69, 9.17) is 4.74 Å². The molecule has 0 saturated carbocycles. The van der Waals surface area contributed by atoms with Gasteiger partial charge in [0.05, 0.1) is 12.8 Å². The molecular formula is C15H20N2O. The molecule has 0 amide bonds. The zero-order valence-corrected chi connectivity index (χ0v) is 11.7. The molecule has 1 heterocycles. The molecule has 0 radical (unpaired) electrons. The fraction of sp³-hybridized carbons (Fsp3) is 0.333. The lowest BCUT2D eigenvalue weighted by atomic mass is 10.0. The second kappa shape index (κ2) is 6.74. The summed E-state index contributed by atoms with van der Waals surface area (Å²) in [6, 6.07) is 10.2. The number of hydrogen-bond donors (Lipinski definition) is 0. The van der Waals surface area contributed by atoms with E-state index in [0.29, 0.717) is 5.88 Å². The Morgan fingerprint density at radius 2 is 1.56 bits per heavy atom. The molecule has 3 heteroatoms. The van der Waals surface area contributed by atoms with Crippen LogP contribution >= 0.6 is 0 Å². The van der Waals surface area contributed by atoms with Crippen molar-refractivity contribution in [3.63, 3.8) is 0 Å². The molecule has 0 aliphatic carbocycles. The second-order valence-corrected chi connectivity index (χ2v) is 3.66. The standard InChI is InChI=1S/C13H14N2O.C2H6/c1-9-12(11-7-5-4-6-8-11)10(2)14-15-13(9)16-3;1-2/h4-8H,1-3H3;1-2H3. The lowest BCUT2D eigenvalue weighted by Gasteiger charge is -2.11. The number of methoxy groups -OCH3 is 1. The fourth-order valence-corrected chi connectivity index (χ4v) is 1.85. The molecule has 2 rings (SSSR count). The Hall–Kier alpha value is -1.90. The van der Waals surface area contributed by atoms with Crippen molar-refractivity contribution >= 4 is 0 Å². The Morgan fingerprint density at radius 1 is 0.944 bits per heavy atom. The third-order valence-electron chi connectivity index (χ3n) is 2.60. The number of aromatic nitrogens is 2. The molecule has 0 saturated heterocycles. The van der Waals surface area contributed by atoms with Gasteiger partial charge < -0.3 is 4.74 Å². The molecule has 2 aromatic rings. The summed E-state index contributed by atoms with van der Waals surface area (Å²) in [6.45, 7) is 7.96. The van der Waals surface area contributed by atoms with E-state index in [1.165, 1.54) is 0 Å². The maximum atomic E-state index is 5.19. The number of nitrogens with zero attached hydrogens (tertiary/aromatic N) is 2. The van der Waals surface area contributed by atoms with Crippen LogP contribution in [0.25, 0.3) is 11.1 Å². The van der Waals surface area contributed by atoms with Crippen LogP contribution in [-0.4, -0.2) is 17.3 Å². The number of rotatable bonds is 2. The highest BCUT2D eigenvalue weighted by atomic mass is 16.5. The first-order valence-electron chi connectivity index (χ1n) is 6.17. The Morgan fingerprint density at radius 3 is 2.11 bits per heavy atom. The summed E-state index contributed by atoms with van der Waals surface area (Å²) in [5.41, 5.74) is 4.20. The molecule has 0 fully saturated rings. The summed E-state index contributed by atoms with van der Waals surface area (Å²) >= 11 is 0. The van der Waals surface area contributed by atoms with Crippen LogP contribution in [0.5, 0.6) is 5.88 Å². The van der Waals surface area contributed by atoms with Gasteiger partial charge in [-0.15, -0.1) is 5.10 Å². The summed E-state index contributed by atoms with van der Waals surface area (Å²) in [4.78, 5) is 0. The highest BCUT2D eigenvalue weighted by molar-refractivity contribution is 5.70. The minimum atomic E-state index is 0.587. The topological polar surface area (TPSA) is 35.0 Å². The van der Waals surface area contributed by atoms with Gasteiger partial charge >= 0.3 is 0 Å². The van der Waals surface area contributed by atoms with Crippen molar-refractivity contribution in [1.29, 1.82) is 0 Å². The van der Waals surface area contributed by atoms with Gasteiger partial charge in [0.2, 0.25) is 5.88 Å². The first-order chi connectivity index (χ1) is 8.74. The highest BCUT2D eigenvalue weighted by Gasteiger charge is 2.11. The van der Waals surface area contributed by atoms with Crippen LogP contribution in [-0.2, 0) is 0 Å². The molecule has 1 aromatic carbocycles. The Balaban J connectivity index is 0.000000771. The molecule has 0 aliphatic rings. The van der Waals surface area contributed by atoms with E-state index in [2.05, 4.69) is 22.3 Å². The van der Waals surface area contributed by atoms with Crippen LogP contribution in [0.3, 0.4) is 0 Å². The molecule has 0 aliphatic heterocycles. The monoisotopic (exact) mass is 244 g/mol. The van der Waals surface area contributed by atoms with Crippen LogP contribution in [0, 0.1) is 13.8 Å². The average molecular weight is 244 g/mol. The maximum Gasteiger partial charge on any atom is 0.236 e. The van der Waals surface area contributed by atoms with Gasteiger partial charge in [-0.2, -0.15) is 5.10 Å². The molecule has 0 atom stereocenters. The van der Waals surface area contributed by atoms with E-state index in [1.807, 2.05) is 45.9 Å². The maximum absolute atomic E-state index is 5.19. The van der Waals surface area contributed by atoms with Gasteiger partial charge in [0.15, 0.2) is 0 Å². The second-order valence-electron chi connectivity index (χ2n) is 3.66. The minimum absolute atomic E-state index is 0.587. The molecule has 0 spiro atoms. The quantitative estimate of drug-likeness (QED) is 0.806. The summed E-state index contributed by atoms with van der Waals surface area (Å²) < 4.78 is 5.19. The third-order valence-corrected chi connectivity index (χ3v) is 2.60. The van der Waals surface area contributed by atoms with Crippen molar-refractivity contribution in [1.82, 2.24) is 10.2 Å². The number of ether oxygens (including phenoxy) is 1. The lowest BCUT2D eigenvalue weighted by Crippen LogP contribution is -2.00. The van der Waals surface area contributed by atoms with E-state index in [9.17, 15) is 0 Å². The van der Waals surface area contributed by atoms with Gasteiger partial charge in [0.25, 0.3) is 0 Å². The largest absolute Gasteiger partial charge is 0.480 e. The fourth-order valence-electron chi connectivity index (χ4n) is 1.85. The lowest BCUT2D eigenvalue weighted by molar-refractivity contribution is 0.388. The van der Waals surface area contributed by atoms with Crippen molar-refractivity contribution in [3.8, 4) is 17.0 Å². The number of benzene rings is 1. The van der Waals surface area contributed by atoms with Crippen LogP contribution in [0.4, 0.5) is 0 Å². The summed E-state index contributed by atoms with van der Waals surface area (Å²) in [7, 11) is 1.61. The normalized spacial score (nSPS) is 9.39. The van der Waals surface area contributed by atoms with Crippen molar-refractivity contribution in [2.45, 2.75) is 27.7 Å². The van der Waals surface area contributed by atoms with E-state index in [1.54, 1.807) is 7.11 Å². The van der Waals surface area contributed by atoms with Crippen LogP contribution in [0.2, 0.25) is 0 Å². The summed E-state index contributed by atoms with van der Waals surface area (Å²) in [5, 5.41) is 8.12. The predicted octanol–water partition coefficient (Wildman–Crippen LogP) is 3.80. The first-order valence-corrected chi connectivity index (χ1v) is 6.17. The van der Waals surface area contributed by atoms with E-state index in [-0.39, 0.29) is 0 Å². The smallest absolute Gasteiger partial charge is 0.236 e. The van der Waals surface area contributed by atoms with Crippen molar-refractivity contribution in [2.75, 3.05) is 7.11 Å². The molecule has 96 valence electrons. The Bertz CT molecular complexity index is 495. The zero-order chi connectivity index (χ0) is 13.5. The molecule has 1 aromatic heterocycles. The summed E-state index contributed by atoms with van der Waals surface area (Å²) in [6.07, 6.45) is 0. The van der Waals surface area contributed by atoms with E-state index in [0.717, 1.165) is 22.4 Å². The van der Waals surface area contributed by atoms with Gasteiger partial charge in [0.1, 0.15) is 0 Å². The van der Waals surface area contributed by atoms with Crippen molar-refractivity contribution in [3.05, 3.63) is 41.6 Å². The molecule has 0 bridgehead atoms. The van der Waals surface area contributed by atoms with Crippen LogP contribution in [0.15, 0.2) is 30.3 Å². The number of hydrogen-bond acceptors (Lipinski definition) is 3. The Labute approximate surface area is 109 Å². The SMILES string of the molecule is CC.COc1nnc(C)c(-c2ccccc2)c1C. The molecule has 3 nitrogen and oxygen atoms in total. The molecule has 0 unspecified atom stereocenters. The number of aryl methyl sites for hydroxylation is 1. The van der Waals surface area contributed by atoms with Crippen LogP contribution in [0.1, 0.15) is 25.1 Å². The Kier molecular flexibility index (Phi) is 5.31. The van der Waals surface area contributed by atoms with E-state index < -0.39 is 0 Å². The van der Waals surface area contributed by atoms with Gasteiger partial charge in [-0.25, -0.2) is 0 Å².